The molecule has 1 saturated carbocycles. The van der Waals surface area contributed by atoms with Gasteiger partial charge in [-0.1, -0.05) is 12.8 Å². The second kappa shape index (κ2) is 5.92. The van der Waals surface area contributed by atoms with Crippen molar-refractivity contribution >= 4 is 18.1 Å². The molecule has 23 heavy (non-hydrogen) atoms. The van der Waals surface area contributed by atoms with Crippen molar-refractivity contribution in [3.63, 3.8) is 0 Å². The topological polar surface area (TPSA) is 62.1 Å². The number of aromatic amines is 1. The Hall–Kier alpha value is -1.95. The van der Waals surface area contributed by atoms with E-state index in [2.05, 4.69) is 15.1 Å². The van der Waals surface area contributed by atoms with Crippen LogP contribution in [-0.2, 0) is 0 Å². The summed E-state index contributed by atoms with van der Waals surface area (Å²) in [6, 6.07) is 7.86. The van der Waals surface area contributed by atoms with E-state index in [1.165, 1.54) is 19.3 Å². The summed E-state index contributed by atoms with van der Waals surface area (Å²) in [4.78, 5) is 15.2. The molecule has 1 N–H and O–H groups in total. The Morgan fingerprint density at radius 3 is 2.74 bits per heavy atom. The zero-order valence-corrected chi connectivity index (χ0v) is 13.6. The number of H-pyrrole nitrogens is 1. The summed E-state index contributed by atoms with van der Waals surface area (Å²) in [5.74, 6) is 1.30. The van der Waals surface area contributed by atoms with E-state index < -0.39 is 0 Å². The van der Waals surface area contributed by atoms with Gasteiger partial charge in [0, 0.05) is 23.7 Å². The van der Waals surface area contributed by atoms with Crippen molar-refractivity contribution in [1.29, 1.82) is 0 Å². The Kier molecular flexibility index (Phi) is 3.77. The first kappa shape index (κ1) is 14.6. The van der Waals surface area contributed by atoms with Gasteiger partial charge < -0.3 is 9.32 Å². The van der Waals surface area contributed by atoms with Crippen LogP contribution in [0.4, 0.5) is 0 Å². The molecule has 2 atom stereocenters. The van der Waals surface area contributed by atoms with Crippen LogP contribution >= 0.6 is 12.2 Å². The normalized spacial score (nSPS) is 23.7. The van der Waals surface area contributed by atoms with Gasteiger partial charge in [0.05, 0.1) is 0 Å². The number of carbonyl (C=O) groups excluding carboxylic acids is 1. The van der Waals surface area contributed by atoms with E-state index in [4.69, 9.17) is 16.6 Å². The molecule has 1 aliphatic carbocycles. The van der Waals surface area contributed by atoms with Crippen LogP contribution in [0.15, 0.2) is 28.7 Å². The third-order valence-corrected chi connectivity index (χ3v) is 5.26. The number of likely N-dealkylation sites (tertiary alicyclic amines) is 1. The van der Waals surface area contributed by atoms with Crippen LogP contribution in [0.25, 0.3) is 11.5 Å². The molecule has 5 nitrogen and oxygen atoms in total. The van der Waals surface area contributed by atoms with Crippen molar-refractivity contribution in [1.82, 2.24) is 15.1 Å². The lowest BCUT2D eigenvalue weighted by Crippen LogP contribution is -2.39. The summed E-state index contributed by atoms with van der Waals surface area (Å²) in [7, 11) is 0. The summed E-state index contributed by atoms with van der Waals surface area (Å²) in [5.41, 5.74) is 1.54. The summed E-state index contributed by atoms with van der Waals surface area (Å²) in [6.07, 6.45) is 6.14. The van der Waals surface area contributed by atoms with E-state index in [0.717, 1.165) is 30.5 Å². The molecule has 6 heteroatoms. The average molecular weight is 329 g/mol. The maximum absolute atomic E-state index is 12.8. The third kappa shape index (κ3) is 2.72. The number of aromatic nitrogens is 2. The quantitative estimate of drug-likeness (QED) is 0.851. The second-order valence-corrected chi connectivity index (χ2v) is 6.77. The summed E-state index contributed by atoms with van der Waals surface area (Å²) < 4.78 is 5.29. The van der Waals surface area contributed by atoms with E-state index in [1.807, 2.05) is 24.3 Å². The fourth-order valence-electron chi connectivity index (χ4n) is 3.93. The number of nitrogens with one attached hydrogen (secondary N) is 1. The van der Waals surface area contributed by atoms with Gasteiger partial charge in [-0.25, -0.2) is 5.10 Å². The highest BCUT2D eigenvalue weighted by molar-refractivity contribution is 7.71. The van der Waals surface area contributed by atoms with E-state index in [9.17, 15) is 4.79 Å². The van der Waals surface area contributed by atoms with Crippen LogP contribution in [0.5, 0.6) is 0 Å². The van der Waals surface area contributed by atoms with E-state index in [1.54, 1.807) is 0 Å². The summed E-state index contributed by atoms with van der Waals surface area (Å²) >= 11 is 4.88. The molecule has 2 heterocycles. The first-order valence-corrected chi connectivity index (χ1v) is 8.60. The molecule has 0 bridgehead atoms. The number of hydrogen-bond donors (Lipinski definition) is 1. The lowest BCUT2D eigenvalue weighted by molar-refractivity contribution is 0.0690. The number of benzene rings is 1. The van der Waals surface area contributed by atoms with Crippen molar-refractivity contribution in [2.24, 2.45) is 5.92 Å². The van der Waals surface area contributed by atoms with E-state index >= 15 is 0 Å². The molecule has 4 rings (SSSR count). The molecule has 1 aromatic carbocycles. The maximum Gasteiger partial charge on any atom is 0.284 e. The van der Waals surface area contributed by atoms with E-state index in [-0.39, 0.29) is 10.7 Å². The first-order valence-electron chi connectivity index (χ1n) is 8.19. The van der Waals surface area contributed by atoms with Gasteiger partial charge in [-0.3, -0.25) is 4.79 Å². The van der Waals surface area contributed by atoms with Crippen molar-refractivity contribution in [3.05, 3.63) is 34.7 Å². The Labute approximate surface area is 139 Å². The molecule has 0 radical (unpaired) electrons. The Balaban J connectivity index is 1.53. The molecule has 120 valence electrons. The summed E-state index contributed by atoms with van der Waals surface area (Å²) in [6.45, 7) is 0.893. The Bertz CT molecular complexity index is 765. The molecule has 0 spiro atoms. The van der Waals surface area contributed by atoms with Crippen molar-refractivity contribution in [3.8, 4) is 11.5 Å². The Morgan fingerprint density at radius 1 is 1.22 bits per heavy atom. The standard InChI is InChI=1S/C17H19N3O2S/c21-16(20-10-9-11-3-1-2-4-14(11)20)13-7-5-12(6-8-13)15-18-19-17(23)22-15/h5-8,11,14H,1-4,9-10H2,(H,19,23)/t11-,14-/m0/s1. The third-order valence-electron chi connectivity index (χ3n) is 5.09. The molecule has 2 fully saturated rings. The highest BCUT2D eigenvalue weighted by Crippen LogP contribution is 2.36. The van der Waals surface area contributed by atoms with Crippen LogP contribution in [-0.4, -0.2) is 33.6 Å². The number of fused-ring (bicyclic) bond motifs is 1. The lowest BCUT2D eigenvalue weighted by Gasteiger charge is -2.31. The van der Waals surface area contributed by atoms with Crippen molar-refractivity contribution in [2.45, 2.75) is 38.1 Å². The van der Waals surface area contributed by atoms with E-state index in [0.29, 0.717) is 17.9 Å². The van der Waals surface area contributed by atoms with Gasteiger partial charge in [0.2, 0.25) is 5.89 Å². The van der Waals surface area contributed by atoms with Crippen molar-refractivity contribution in [2.75, 3.05) is 6.54 Å². The number of amides is 1. The molecule has 2 aromatic rings. The predicted molar refractivity (Wildman–Crippen MR) is 88.5 cm³/mol. The van der Waals surface area contributed by atoms with Gasteiger partial charge >= 0.3 is 0 Å². The number of nitrogens with zero attached hydrogens (tertiary/aromatic N) is 2. The first-order chi connectivity index (χ1) is 11.2. The van der Waals surface area contributed by atoms with Crippen LogP contribution in [0.2, 0.25) is 0 Å². The minimum atomic E-state index is 0.147. The molecule has 1 saturated heterocycles. The van der Waals surface area contributed by atoms with Crippen molar-refractivity contribution < 1.29 is 9.21 Å². The Morgan fingerprint density at radius 2 is 2.00 bits per heavy atom. The van der Waals surface area contributed by atoms with Crippen LogP contribution in [0, 0.1) is 10.8 Å². The number of rotatable bonds is 2. The molecule has 1 aliphatic heterocycles. The minimum Gasteiger partial charge on any atom is -0.409 e. The van der Waals surface area contributed by atoms with Gasteiger partial charge in [0.15, 0.2) is 0 Å². The van der Waals surface area contributed by atoms with Gasteiger partial charge in [-0.05, 0) is 61.7 Å². The summed E-state index contributed by atoms with van der Waals surface area (Å²) in [5, 5.41) is 6.60. The van der Waals surface area contributed by atoms with Crippen LogP contribution < -0.4 is 0 Å². The van der Waals surface area contributed by atoms with Gasteiger partial charge in [0.1, 0.15) is 0 Å². The molecule has 1 aromatic heterocycles. The highest BCUT2D eigenvalue weighted by atomic mass is 32.1. The molecular weight excluding hydrogens is 310 g/mol. The smallest absolute Gasteiger partial charge is 0.284 e. The zero-order chi connectivity index (χ0) is 15.8. The maximum atomic E-state index is 12.8. The average Bonchev–Trinajstić information content (AvgIpc) is 3.21. The predicted octanol–water partition coefficient (Wildman–Crippen LogP) is 3.80. The second-order valence-electron chi connectivity index (χ2n) is 6.39. The lowest BCUT2D eigenvalue weighted by atomic mass is 9.85. The van der Waals surface area contributed by atoms with Gasteiger partial charge in [-0.2, -0.15) is 0 Å². The van der Waals surface area contributed by atoms with Gasteiger partial charge in [0.25, 0.3) is 10.7 Å². The number of carbonyl (C=O) groups is 1. The molecule has 1 amide bonds. The minimum absolute atomic E-state index is 0.147. The fraction of sp³-hybridized carbons (Fsp3) is 0.471. The largest absolute Gasteiger partial charge is 0.409 e. The molecular formula is C17H19N3O2S. The fourth-order valence-corrected chi connectivity index (χ4v) is 4.06. The SMILES string of the molecule is O=C(c1ccc(-c2n[nH]c(=S)o2)cc1)N1CC[C@@H]2CCCC[C@@H]21. The zero-order valence-electron chi connectivity index (χ0n) is 12.8. The monoisotopic (exact) mass is 329 g/mol. The number of hydrogen-bond acceptors (Lipinski definition) is 4. The molecule has 0 unspecified atom stereocenters. The highest BCUT2D eigenvalue weighted by Gasteiger charge is 2.38. The van der Waals surface area contributed by atoms with Crippen LogP contribution in [0.3, 0.4) is 0 Å². The molecule has 2 aliphatic rings. The van der Waals surface area contributed by atoms with Crippen LogP contribution in [0.1, 0.15) is 42.5 Å². The van der Waals surface area contributed by atoms with Gasteiger partial charge in [-0.15, -0.1) is 5.10 Å².